The van der Waals surface area contributed by atoms with Crippen molar-refractivity contribution in [1.29, 1.82) is 0 Å². The zero-order valence-corrected chi connectivity index (χ0v) is 18.6. The SMILES string of the molecule is Nc1ncnc2c1c(-c1ccc(NC(=O)c3ccc(F)cc3)c3c1OCO3)nn2[C@@H]1CCCNC1. The van der Waals surface area contributed by atoms with Crippen molar-refractivity contribution < 1.29 is 18.7 Å². The van der Waals surface area contributed by atoms with Crippen molar-refractivity contribution in [3.8, 4) is 22.8 Å². The predicted molar refractivity (Wildman–Crippen MR) is 127 cm³/mol. The molecule has 2 aromatic heterocycles. The maximum absolute atomic E-state index is 13.2. The quantitative estimate of drug-likeness (QED) is 0.411. The van der Waals surface area contributed by atoms with Crippen LogP contribution in [-0.4, -0.2) is 45.5 Å². The van der Waals surface area contributed by atoms with Crippen LogP contribution in [-0.2, 0) is 0 Å². The smallest absolute Gasteiger partial charge is 0.255 e. The van der Waals surface area contributed by atoms with Crippen LogP contribution in [0.1, 0.15) is 29.2 Å². The number of hydrogen-bond acceptors (Lipinski definition) is 8. The third kappa shape index (κ3) is 3.69. The summed E-state index contributed by atoms with van der Waals surface area (Å²) in [5, 5.41) is 11.8. The zero-order valence-electron chi connectivity index (χ0n) is 18.6. The third-order valence-corrected chi connectivity index (χ3v) is 6.26. The maximum Gasteiger partial charge on any atom is 0.255 e. The van der Waals surface area contributed by atoms with Gasteiger partial charge in [0.1, 0.15) is 23.7 Å². The van der Waals surface area contributed by atoms with Crippen LogP contribution in [0.4, 0.5) is 15.9 Å². The van der Waals surface area contributed by atoms with Crippen molar-refractivity contribution in [3.05, 3.63) is 54.1 Å². The number of carbonyl (C=O) groups is 1. The molecule has 11 heteroatoms. The minimum atomic E-state index is -0.414. The average Bonchev–Trinajstić information content (AvgIpc) is 3.52. The van der Waals surface area contributed by atoms with Gasteiger partial charge in [-0.3, -0.25) is 4.79 Å². The number of benzene rings is 2. The van der Waals surface area contributed by atoms with Crippen LogP contribution in [0.5, 0.6) is 11.5 Å². The fourth-order valence-electron chi connectivity index (χ4n) is 4.56. The van der Waals surface area contributed by atoms with Gasteiger partial charge in [0.25, 0.3) is 5.91 Å². The summed E-state index contributed by atoms with van der Waals surface area (Å²) >= 11 is 0. The normalized spacial score (nSPS) is 17.0. The van der Waals surface area contributed by atoms with E-state index < -0.39 is 11.7 Å². The number of halogens is 1. The number of fused-ring (bicyclic) bond motifs is 2. The molecule has 35 heavy (non-hydrogen) atoms. The lowest BCUT2D eigenvalue weighted by Crippen LogP contribution is -2.32. The highest BCUT2D eigenvalue weighted by Crippen LogP contribution is 2.48. The number of nitrogens with one attached hydrogen (secondary N) is 2. The Morgan fingerprint density at radius 2 is 1.97 bits per heavy atom. The second kappa shape index (κ2) is 8.51. The molecule has 1 saturated heterocycles. The Balaban J connectivity index is 1.42. The molecular weight excluding hydrogens is 453 g/mol. The largest absolute Gasteiger partial charge is 0.453 e. The van der Waals surface area contributed by atoms with Crippen LogP contribution in [0.25, 0.3) is 22.3 Å². The van der Waals surface area contributed by atoms with Crippen LogP contribution in [0.15, 0.2) is 42.7 Å². The number of amides is 1. The number of anilines is 2. The molecule has 6 rings (SSSR count). The number of piperidine rings is 1. The van der Waals surface area contributed by atoms with E-state index in [0.29, 0.717) is 50.9 Å². The summed E-state index contributed by atoms with van der Waals surface area (Å²) in [7, 11) is 0. The maximum atomic E-state index is 13.2. The van der Waals surface area contributed by atoms with E-state index in [9.17, 15) is 9.18 Å². The number of nitrogen functional groups attached to an aromatic ring is 1. The summed E-state index contributed by atoms with van der Waals surface area (Å²) in [6.07, 6.45) is 3.45. The molecule has 1 amide bonds. The molecule has 4 N–H and O–H groups in total. The first-order chi connectivity index (χ1) is 17.1. The zero-order chi connectivity index (χ0) is 23.9. The van der Waals surface area contributed by atoms with Gasteiger partial charge >= 0.3 is 0 Å². The van der Waals surface area contributed by atoms with E-state index in [0.717, 1.165) is 25.9 Å². The molecule has 0 spiro atoms. The van der Waals surface area contributed by atoms with Gasteiger partial charge in [0, 0.05) is 17.7 Å². The number of carbonyl (C=O) groups excluding carboxylic acids is 1. The summed E-state index contributed by atoms with van der Waals surface area (Å²) in [5.41, 5.74) is 8.93. The Bertz CT molecular complexity index is 1430. The predicted octanol–water partition coefficient (Wildman–Crippen LogP) is 3.12. The molecule has 1 fully saturated rings. The lowest BCUT2D eigenvalue weighted by molar-refractivity contribution is 0.102. The molecule has 0 aliphatic carbocycles. The first kappa shape index (κ1) is 21.3. The van der Waals surface area contributed by atoms with Crippen LogP contribution in [0.3, 0.4) is 0 Å². The van der Waals surface area contributed by atoms with Gasteiger partial charge in [0.2, 0.25) is 6.79 Å². The van der Waals surface area contributed by atoms with Crippen LogP contribution < -0.4 is 25.8 Å². The molecule has 0 saturated carbocycles. The molecule has 2 aliphatic rings. The number of aromatic nitrogens is 4. The lowest BCUT2D eigenvalue weighted by Gasteiger charge is -2.23. The second-order valence-corrected chi connectivity index (χ2v) is 8.44. The molecule has 0 unspecified atom stereocenters. The van der Waals surface area contributed by atoms with E-state index in [-0.39, 0.29) is 12.8 Å². The van der Waals surface area contributed by atoms with Crippen molar-refractivity contribution in [1.82, 2.24) is 25.1 Å². The van der Waals surface area contributed by atoms with Crippen molar-refractivity contribution in [2.75, 3.05) is 30.9 Å². The van der Waals surface area contributed by atoms with E-state index in [4.69, 9.17) is 20.3 Å². The Labute approximate surface area is 199 Å². The number of ether oxygens (including phenoxy) is 2. The van der Waals surface area contributed by atoms with E-state index in [1.165, 1.54) is 30.6 Å². The van der Waals surface area contributed by atoms with Crippen molar-refractivity contribution in [2.24, 2.45) is 0 Å². The number of nitrogens with zero attached hydrogens (tertiary/aromatic N) is 4. The monoisotopic (exact) mass is 475 g/mol. The van der Waals surface area contributed by atoms with Crippen molar-refractivity contribution in [2.45, 2.75) is 18.9 Å². The van der Waals surface area contributed by atoms with Crippen LogP contribution in [0, 0.1) is 5.82 Å². The molecule has 1 atom stereocenters. The van der Waals surface area contributed by atoms with Gasteiger partial charge in [0.05, 0.1) is 17.1 Å². The van der Waals surface area contributed by atoms with Gasteiger partial charge in [-0.15, -0.1) is 0 Å². The number of rotatable bonds is 4. The highest BCUT2D eigenvalue weighted by Gasteiger charge is 2.29. The van der Waals surface area contributed by atoms with Gasteiger partial charge in [0.15, 0.2) is 17.1 Å². The Morgan fingerprint density at radius 1 is 1.14 bits per heavy atom. The number of nitrogens with two attached hydrogens (primary N) is 1. The first-order valence-corrected chi connectivity index (χ1v) is 11.3. The van der Waals surface area contributed by atoms with Crippen molar-refractivity contribution in [3.63, 3.8) is 0 Å². The molecule has 2 aliphatic heterocycles. The first-order valence-electron chi connectivity index (χ1n) is 11.3. The molecule has 4 heterocycles. The molecule has 10 nitrogen and oxygen atoms in total. The topological polar surface area (TPSA) is 129 Å². The van der Waals surface area contributed by atoms with E-state index in [1.54, 1.807) is 12.1 Å². The van der Waals surface area contributed by atoms with Gasteiger partial charge in [-0.05, 0) is 55.8 Å². The highest BCUT2D eigenvalue weighted by molar-refractivity contribution is 6.06. The van der Waals surface area contributed by atoms with Gasteiger partial charge in [-0.2, -0.15) is 5.10 Å². The summed E-state index contributed by atoms with van der Waals surface area (Å²) < 4.78 is 26.6. The standard InChI is InChI=1S/C24H22FN7O3/c25-14-5-3-13(4-6-14)24(33)30-17-8-7-16(20-21(17)35-12-34-20)19-18-22(26)28-11-29-23(18)32(31-19)15-2-1-9-27-10-15/h3-8,11,15,27H,1-2,9-10,12H2,(H,30,33)(H2,26,28,29)/t15-/m1/s1. The average molecular weight is 475 g/mol. The van der Waals surface area contributed by atoms with Crippen LogP contribution >= 0.6 is 0 Å². The molecule has 2 aromatic carbocycles. The Morgan fingerprint density at radius 3 is 2.77 bits per heavy atom. The fourth-order valence-corrected chi connectivity index (χ4v) is 4.56. The van der Waals surface area contributed by atoms with E-state index >= 15 is 0 Å². The van der Waals surface area contributed by atoms with E-state index in [2.05, 4.69) is 20.6 Å². The minimum Gasteiger partial charge on any atom is -0.453 e. The van der Waals surface area contributed by atoms with E-state index in [1.807, 2.05) is 4.68 Å². The van der Waals surface area contributed by atoms with Gasteiger partial charge in [-0.1, -0.05) is 0 Å². The molecule has 178 valence electrons. The summed E-state index contributed by atoms with van der Waals surface area (Å²) in [4.78, 5) is 21.4. The van der Waals surface area contributed by atoms with Crippen molar-refractivity contribution >= 4 is 28.4 Å². The Kier molecular flexibility index (Phi) is 5.18. The summed E-state index contributed by atoms with van der Waals surface area (Å²) in [5.74, 6) is 0.338. The third-order valence-electron chi connectivity index (χ3n) is 6.26. The second-order valence-electron chi connectivity index (χ2n) is 8.44. The molecule has 0 radical (unpaired) electrons. The summed E-state index contributed by atoms with van der Waals surface area (Å²) in [6.45, 7) is 1.75. The Hall–Kier alpha value is -4.25. The van der Waals surface area contributed by atoms with Crippen LogP contribution in [0.2, 0.25) is 0 Å². The fraction of sp³-hybridized carbons (Fsp3) is 0.250. The highest BCUT2D eigenvalue weighted by atomic mass is 19.1. The molecule has 4 aromatic rings. The molecule has 0 bridgehead atoms. The number of hydrogen-bond donors (Lipinski definition) is 3. The minimum absolute atomic E-state index is 0.0110. The summed E-state index contributed by atoms with van der Waals surface area (Å²) in [6, 6.07) is 8.95. The lowest BCUT2D eigenvalue weighted by atomic mass is 10.1. The molecular formula is C24H22FN7O3. The van der Waals surface area contributed by atoms with Gasteiger partial charge in [-0.25, -0.2) is 19.0 Å². The van der Waals surface area contributed by atoms with Gasteiger partial charge < -0.3 is 25.8 Å².